The topological polar surface area (TPSA) is 92.9 Å². The van der Waals surface area contributed by atoms with Crippen LogP contribution in [0.2, 0.25) is 0 Å². The first-order chi connectivity index (χ1) is 8.59. The first-order valence-corrected chi connectivity index (χ1v) is 5.58. The molecule has 96 valence electrons. The molecule has 0 aliphatic carbocycles. The van der Waals surface area contributed by atoms with Crippen molar-refractivity contribution < 1.29 is 19.4 Å². The lowest BCUT2D eigenvalue weighted by molar-refractivity contribution is -0.154. The van der Waals surface area contributed by atoms with Crippen molar-refractivity contribution in [2.24, 2.45) is 0 Å². The Hall–Kier alpha value is -2.08. The molecule has 18 heavy (non-hydrogen) atoms. The average Bonchev–Trinajstić information content (AvgIpc) is 2.38. The van der Waals surface area contributed by atoms with Crippen LogP contribution < -0.4 is 5.73 Å². The monoisotopic (exact) mass is 250 g/mol. The van der Waals surface area contributed by atoms with Gasteiger partial charge in [-0.15, -0.1) is 0 Å². The highest BCUT2D eigenvalue weighted by Crippen LogP contribution is 2.16. The van der Waals surface area contributed by atoms with Crippen molar-refractivity contribution >= 4 is 17.6 Å². The number of para-hydroxylation sites is 1. The van der Waals surface area contributed by atoms with Crippen LogP contribution >= 0.6 is 0 Å². The van der Waals surface area contributed by atoms with Crippen LogP contribution in [0.15, 0.2) is 24.3 Å². The van der Waals surface area contributed by atoms with Gasteiger partial charge in [-0.25, -0.2) is 4.79 Å². The summed E-state index contributed by atoms with van der Waals surface area (Å²) in [6.45, 7) is 0.634. The van der Waals surface area contributed by atoms with Crippen LogP contribution in [0.4, 0.5) is 5.69 Å². The summed E-state index contributed by atoms with van der Waals surface area (Å²) < 4.78 is 5.06. The van der Waals surface area contributed by atoms with Crippen molar-refractivity contribution in [2.45, 2.75) is 6.10 Å². The summed E-state index contributed by atoms with van der Waals surface area (Å²) in [4.78, 5) is 24.5. The number of hydrogen-bond donors (Lipinski definition) is 2. The predicted octanol–water partition coefficient (Wildman–Crippen LogP) is 0.194. The Kier molecular flexibility index (Phi) is 3.47. The molecule has 3 N–H and O–H groups in total. The van der Waals surface area contributed by atoms with Crippen molar-refractivity contribution in [3.63, 3.8) is 0 Å². The Morgan fingerprint density at radius 1 is 1.39 bits per heavy atom. The van der Waals surface area contributed by atoms with Crippen molar-refractivity contribution in [2.75, 3.05) is 25.4 Å². The lowest BCUT2D eigenvalue weighted by Gasteiger charge is -2.31. The number of rotatable bonds is 2. The zero-order valence-corrected chi connectivity index (χ0v) is 9.70. The highest BCUT2D eigenvalue weighted by atomic mass is 16.5. The molecule has 1 fully saturated rings. The number of nitrogens with zero attached hydrogens (tertiary/aromatic N) is 1. The lowest BCUT2D eigenvalue weighted by Crippen LogP contribution is -2.48. The van der Waals surface area contributed by atoms with Gasteiger partial charge in [0.15, 0.2) is 6.10 Å². The number of carboxylic acid groups (broad SMARTS) is 1. The zero-order chi connectivity index (χ0) is 13.1. The van der Waals surface area contributed by atoms with Crippen molar-refractivity contribution in [1.29, 1.82) is 0 Å². The normalized spacial score (nSPS) is 19.6. The Balaban J connectivity index is 2.14. The summed E-state index contributed by atoms with van der Waals surface area (Å²) >= 11 is 0. The quantitative estimate of drug-likeness (QED) is 0.731. The van der Waals surface area contributed by atoms with Gasteiger partial charge in [0.1, 0.15) is 0 Å². The van der Waals surface area contributed by atoms with Crippen LogP contribution in [0.5, 0.6) is 0 Å². The van der Waals surface area contributed by atoms with Gasteiger partial charge in [-0.05, 0) is 12.1 Å². The van der Waals surface area contributed by atoms with E-state index < -0.39 is 12.1 Å². The second-order valence-electron chi connectivity index (χ2n) is 4.04. The number of anilines is 1. The molecule has 1 aromatic rings. The number of carbonyl (C=O) groups is 2. The fourth-order valence-electron chi connectivity index (χ4n) is 1.85. The molecule has 6 nitrogen and oxygen atoms in total. The molecule has 2 rings (SSSR count). The molecule has 1 amide bonds. The molecule has 1 heterocycles. The predicted molar refractivity (Wildman–Crippen MR) is 64.1 cm³/mol. The molecule has 0 radical (unpaired) electrons. The maximum Gasteiger partial charge on any atom is 0.334 e. The number of amides is 1. The maximum absolute atomic E-state index is 12.2. The van der Waals surface area contributed by atoms with Gasteiger partial charge in [0.2, 0.25) is 0 Å². The highest BCUT2D eigenvalue weighted by Gasteiger charge is 2.29. The molecular weight excluding hydrogens is 236 g/mol. The summed E-state index contributed by atoms with van der Waals surface area (Å²) in [6.07, 6.45) is -0.965. The van der Waals surface area contributed by atoms with E-state index in [9.17, 15) is 9.59 Å². The van der Waals surface area contributed by atoms with E-state index in [2.05, 4.69) is 0 Å². The Labute approximate surface area is 104 Å². The summed E-state index contributed by atoms with van der Waals surface area (Å²) in [5.74, 6) is -1.32. The van der Waals surface area contributed by atoms with Crippen LogP contribution in [0.3, 0.4) is 0 Å². The number of carboxylic acids is 1. The smallest absolute Gasteiger partial charge is 0.334 e. The molecule has 1 saturated heterocycles. The van der Waals surface area contributed by atoms with Crippen LogP contribution in [0, 0.1) is 0 Å². The Bertz CT molecular complexity index is 475. The number of nitrogen functional groups attached to an aromatic ring is 1. The molecule has 1 aliphatic heterocycles. The molecular formula is C12H14N2O4. The van der Waals surface area contributed by atoms with E-state index in [1.165, 1.54) is 4.90 Å². The second kappa shape index (κ2) is 5.05. The van der Waals surface area contributed by atoms with Gasteiger partial charge in [-0.3, -0.25) is 4.79 Å². The second-order valence-corrected chi connectivity index (χ2v) is 4.04. The number of morpholine rings is 1. The summed E-state index contributed by atoms with van der Waals surface area (Å²) in [6, 6.07) is 6.73. The number of hydrogen-bond acceptors (Lipinski definition) is 4. The summed E-state index contributed by atoms with van der Waals surface area (Å²) in [5.41, 5.74) is 6.51. The molecule has 0 saturated carbocycles. The van der Waals surface area contributed by atoms with Crippen molar-refractivity contribution in [1.82, 2.24) is 4.90 Å². The summed E-state index contributed by atoms with van der Waals surface area (Å²) in [5, 5.41) is 8.88. The number of ether oxygens (including phenoxy) is 1. The van der Waals surface area contributed by atoms with Gasteiger partial charge in [0, 0.05) is 12.2 Å². The Morgan fingerprint density at radius 2 is 2.11 bits per heavy atom. The number of benzene rings is 1. The summed E-state index contributed by atoms with van der Waals surface area (Å²) in [7, 11) is 0. The zero-order valence-electron chi connectivity index (χ0n) is 9.70. The van der Waals surface area contributed by atoms with Gasteiger partial charge < -0.3 is 20.5 Å². The van der Waals surface area contributed by atoms with E-state index in [0.29, 0.717) is 17.8 Å². The van der Waals surface area contributed by atoms with Crippen LogP contribution in [0.25, 0.3) is 0 Å². The SMILES string of the molecule is Nc1ccccc1C(=O)N1CCOC(C(=O)O)C1. The van der Waals surface area contributed by atoms with E-state index in [-0.39, 0.29) is 19.1 Å². The number of aliphatic carboxylic acids is 1. The fourth-order valence-corrected chi connectivity index (χ4v) is 1.85. The van der Waals surface area contributed by atoms with E-state index in [1.54, 1.807) is 24.3 Å². The third kappa shape index (κ3) is 2.43. The standard InChI is InChI=1S/C12H14N2O4/c13-9-4-2-1-3-8(9)11(15)14-5-6-18-10(7-14)12(16)17/h1-4,10H,5-7,13H2,(H,16,17). The van der Waals surface area contributed by atoms with Crippen molar-refractivity contribution in [3.05, 3.63) is 29.8 Å². The van der Waals surface area contributed by atoms with E-state index in [4.69, 9.17) is 15.6 Å². The first kappa shape index (κ1) is 12.4. The minimum Gasteiger partial charge on any atom is -0.479 e. The van der Waals surface area contributed by atoms with E-state index in [0.717, 1.165) is 0 Å². The van der Waals surface area contributed by atoms with Gasteiger partial charge in [-0.1, -0.05) is 12.1 Å². The molecule has 0 spiro atoms. The number of carbonyl (C=O) groups excluding carboxylic acids is 1. The first-order valence-electron chi connectivity index (χ1n) is 5.58. The lowest BCUT2D eigenvalue weighted by atomic mass is 10.1. The third-order valence-corrected chi connectivity index (χ3v) is 2.82. The van der Waals surface area contributed by atoms with Crippen LogP contribution in [-0.2, 0) is 9.53 Å². The average molecular weight is 250 g/mol. The molecule has 1 atom stereocenters. The minimum atomic E-state index is -1.06. The third-order valence-electron chi connectivity index (χ3n) is 2.82. The molecule has 1 unspecified atom stereocenters. The van der Waals surface area contributed by atoms with E-state index in [1.807, 2.05) is 0 Å². The van der Waals surface area contributed by atoms with Gasteiger partial charge in [-0.2, -0.15) is 0 Å². The number of nitrogens with two attached hydrogens (primary N) is 1. The Morgan fingerprint density at radius 3 is 2.78 bits per heavy atom. The van der Waals surface area contributed by atoms with Crippen LogP contribution in [0.1, 0.15) is 10.4 Å². The highest BCUT2D eigenvalue weighted by molar-refractivity contribution is 5.99. The molecule has 0 aromatic heterocycles. The fraction of sp³-hybridized carbons (Fsp3) is 0.333. The van der Waals surface area contributed by atoms with Gasteiger partial charge in [0.25, 0.3) is 5.91 Å². The maximum atomic E-state index is 12.2. The molecule has 0 bridgehead atoms. The molecule has 6 heteroatoms. The van der Waals surface area contributed by atoms with Crippen LogP contribution in [-0.4, -0.2) is 47.7 Å². The molecule has 1 aliphatic rings. The molecule has 1 aromatic carbocycles. The van der Waals surface area contributed by atoms with E-state index >= 15 is 0 Å². The largest absolute Gasteiger partial charge is 0.479 e. The minimum absolute atomic E-state index is 0.0441. The van der Waals surface area contributed by atoms with Gasteiger partial charge in [0.05, 0.1) is 18.7 Å². The van der Waals surface area contributed by atoms with Gasteiger partial charge >= 0.3 is 5.97 Å². The van der Waals surface area contributed by atoms with Crippen molar-refractivity contribution in [3.8, 4) is 0 Å².